The highest BCUT2D eigenvalue weighted by molar-refractivity contribution is 5.97. The predicted molar refractivity (Wildman–Crippen MR) is 173 cm³/mol. The summed E-state index contributed by atoms with van der Waals surface area (Å²) in [6.45, 7) is 13.8. The van der Waals surface area contributed by atoms with Crippen LogP contribution in [-0.4, -0.2) is 60.5 Å². The van der Waals surface area contributed by atoms with Crippen LogP contribution in [0.2, 0.25) is 0 Å². The summed E-state index contributed by atoms with van der Waals surface area (Å²) in [5.41, 5.74) is 7.28. The molecule has 1 aliphatic heterocycles. The van der Waals surface area contributed by atoms with Gasteiger partial charge in [-0.1, -0.05) is 12.1 Å². The zero-order valence-electron chi connectivity index (χ0n) is 26.6. The van der Waals surface area contributed by atoms with Gasteiger partial charge < -0.3 is 25.2 Å². The number of piperidine rings is 1. The van der Waals surface area contributed by atoms with Crippen LogP contribution in [0.25, 0.3) is 0 Å². The third-order valence-corrected chi connectivity index (χ3v) is 8.66. The molecular formula is C35H47N5O3. The zero-order valence-corrected chi connectivity index (χ0v) is 26.6. The number of likely N-dealkylation sites (tertiary alicyclic amines) is 1. The van der Waals surface area contributed by atoms with Crippen molar-refractivity contribution in [1.29, 1.82) is 0 Å². The second kappa shape index (κ2) is 15.0. The van der Waals surface area contributed by atoms with Crippen molar-refractivity contribution in [2.45, 2.75) is 79.1 Å². The summed E-state index contributed by atoms with van der Waals surface area (Å²) < 4.78 is 5.40. The molecule has 0 aliphatic carbocycles. The van der Waals surface area contributed by atoms with E-state index >= 15 is 0 Å². The number of hydrogen-bond acceptors (Lipinski definition) is 6. The van der Waals surface area contributed by atoms with Crippen molar-refractivity contribution in [3.63, 3.8) is 0 Å². The van der Waals surface area contributed by atoms with Crippen LogP contribution in [0.1, 0.15) is 71.3 Å². The number of pyridine rings is 1. The van der Waals surface area contributed by atoms with Crippen molar-refractivity contribution in [2.75, 3.05) is 31.6 Å². The fourth-order valence-electron chi connectivity index (χ4n) is 6.09. The largest absolute Gasteiger partial charge is 0.497 e. The molecule has 8 nitrogen and oxygen atoms in total. The van der Waals surface area contributed by atoms with Crippen LogP contribution in [0.4, 0.5) is 5.69 Å². The minimum Gasteiger partial charge on any atom is -0.497 e. The molecule has 0 bridgehead atoms. The number of aryl methyl sites for hydroxylation is 3. The Labute approximate surface area is 256 Å². The van der Waals surface area contributed by atoms with Crippen molar-refractivity contribution < 1.29 is 14.3 Å². The van der Waals surface area contributed by atoms with E-state index in [4.69, 9.17) is 4.74 Å². The maximum Gasteiger partial charge on any atom is 0.251 e. The SMILES string of the molecule is COc1ccc(N(Cc2cnccc2C)C2CCN(C(C)CCNC(=O)c3c(C)cc(CNC(C)=O)cc3C)CC2)cc1. The molecular weight excluding hydrogens is 538 g/mol. The molecule has 1 atom stereocenters. The van der Waals surface area contributed by atoms with Gasteiger partial charge in [-0.2, -0.15) is 0 Å². The molecule has 1 unspecified atom stereocenters. The fraction of sp³-hybridized carbons (Fsp3) is 0.457. The fourth-order valence-corrected chi connectivity index (χ4v) is 6.09. The maximum absolute atomic E-state index is 13.1. The first-order valence-corrected chi connectivity index (χ1v) is 15.3. The molecule has 1 aliphatic rings. The third-order valence-electron chi connectivity index (χ3n) is 8.66. The predicted octanol–water partition coefficient (Wildman–Crippen LogP) is 5.33. The highest BCUT2D eigenvalue weighted by Gasteiger charge is 2.28. The number of hydrogen-bond donors (Lipinski definition) is 2. The molecule has 1 saturated heterocycles. The number of ether oxygens (including phenoxy) is 1. The second-order valence-corrected chi connectivity index (χ2v) is 11.8. The van der Waals surface area contributed by atoms with Crippen molar-refractivity contribution in [3.05, 3.63) is 88.2 Å². The van der Waals surface area contributed by atoms with Gasteiger partial charge in [0.15, 0.2) is 0 Å². The maximum atomic E-state index is 13.1. The van der Waals surface area contributed by atoms with Gasteiger partial charge in [0.25, 0.3) is 5.91 Å². The molecule has 1 fully saturated rings. The normalized spacial score (nSPS) is 14.7. The second-order valence-electron chi connectivity index (χ2n) is 11.8. The highest BCUT2D eigenvalue weighted by atomic mass is 16.5. The molecule has 0 spiro atoms. The van der Waals surface area contributed by atoms with Gasteiger partial charge in [-0.3, -0.25) is 14.6 Å². The summed E-state index contributed by atoms with van der Waals surface area (Å²) in [7, 11) is 1.70. The van der Waals surface area contributed by atoms with Crippen LogP contribution in [0.15, 0.2) is 54.9 Å². The van der Waals surface area contributed by atoms with E-state index in [0.717, 1.165) is 66.9 Å². The zero-order chi connectivity index (χ0) is 30.9. The molecule has 4 rings (SSSR count). The lowest BCUT2D eigenvalue weighted by atomic mass is 9.98. The summed E-state index contributed by atoms with van der Waals surface area (Å²) in [5, 5.41) is 5.97. The van der Waals surface area contributed by atoms with Gasteiger partial charge in [0, 0.05) is 75.4 Å². The molecule has 2 heterocycles. The van der Waals surface area contributed by atoms with Crippen LogP contribution < -0.4 is 20.3 Å². The topological polar surface area (TPSA) is 86.8 Å². The van der Waals surface area contributed by atoms with Crippen molar-refractivity contribution in [2.24, 2.45) is 0 Å². The smallest absolute Gasteiger partial charge is 0.251 e. The Morgan fingerprint density at radius 3 is 2.30 bits per heavy atom. The minimum atomic E-state index is -0.0649. The molecule has 3 aromatic rings. The average Bonchev–Trinajstić information content (AvgIpc) is 2.99. The molecule has 1 aromatic heterocycles. The van der Waals surface area contributed by atoms with Gasteiger partial charge in [0.2, 0.25) is 5.91 Å². The van der Waals surface area contributed by atoms with Crippen LogP contribution in [0.3, 0.4) is 0 Å². The Morgan fingerprint density at radius 2 is 1.70 bits per heavy atom. The molecule has 0 radical (unpaired) electrons. The van der Waals surface area contributed by atoms with Gasteiger partial charge in [-0.15, -0.1) is 0 Å². The molecule has 230 valence electrons. The monoisotopic (exact) mass is 585 g/mol. The first-order chi connectivity index (χ1) is 20.7. The van der Waals surface area contributed by atoms with E-state index in [1.807, 2.05) is 50.5 Å². The number of amides is 2. The molecule has 0 saturated carbocycles. The Kier molecular flexibility index (Phi) is 11.2. The third kappa shape index (κ3) is 8.57. The lowest BCUT2D eigenvalue weighted by Crippen LogP contribution is -2.48. The van der Waals surface area contributed by atoms with E-state index in [1.54, 1.807) is 7.11 Å². The first-order valence-electron chi connectivity index (χ1n) is 15.3. The van der Waals surface area contributed by atoms with Crippen molar-refractivity contribution >= 4 is 17.5 Å². The Balaban J connectivity index is 1.31. The van der Waals surface area contributed by atoms with Crippen LogP contribution in [0, 0.1) is 20.8 Å². The molecule has 8 heteroatoms. The number of benzene rings is 2. The molecule has 2 aromatic carbocycles. The Morgan fingerprint density at radius 1 is 1.02 bits per heavy atom. The Hall–Kier alpha value is -3.91. The Bertz CT molecular complexity index is 1360. The van der Waals surface area contributed by atoms with Crippen LogP contribution in [0.5, 0.6) is 5.75 Å². The summed E-state index contributed by atoms with van der Waals surface area (Å²) >= 11 is 0. The van der Waals surface area contributed by atoms with E-state index in [9.17, 15) is 9.59 Å². The minimum absolute atomic E-state index is 0.0344. The van der Waals surface area contributed by atoms with Crippen LogP contribution in [-0.2, 0) is 17.9 Å². The lowest BCUT2D eigenvalue weighted by molar-refractivity contribution is -0.119. The number of carbonyl (C=O) groups excluding carboxylic acids is 2. The number of aromatic nitrogens is 1. The van der Waals surface area contributed by atoms with Crippen LogP contribution >= 0.6 is 0 Å². The number of rotatable bonds is 12. The van der Waals surface area contributed by atoms with Gasteiger partial charge in [0.05, 0.1) is 7.11 Å². The first kappa shape index (κ1) is 32.0. The average molecular weight is 586 g/mol. The lowest BCUT2D eigenvalue weighted by Gasteiger charge is -2.42. The van der Waals surface area contributed by atoms with E-state index in [-0.39, 0.29) is 11.8 Å². The molecule has 2 N–H and O–H groups in total. The number of anilines is 1. The number of nitrogens with one attached hydrogen (secondary N) is 2. The van der Waals surface area contributed by atoms with E-state index in [2.05, 4.69) is 57.5 Å². The van der Waals surface area contributed by atoms with Gasteiger partial charge in [0.1, 0.15) is 5.75 Å². The standard InChI is InChI=1S/C35H47N5O3/c1-24-11-15-36-22-30(24)23-40(31-7-9-33(43-6)10-8-31)32-13-17-39(18-14-32)27(4)12-16-37-35(42)34-25(2)19-29(20-26(34)3)21-38-28(5)41/h7-11,15,19-20,22,27,32H,12-14,16-18,21,23H2,1-6H3,(H,37,42)(H,38,41). The molecule has 2 amide bonds. The van der Waals surface area contributed by atoms with Gasteiger partial charge in [-0.25, -0.2) is 0 Å². The summed E-state index contributed by atoms with van der Waals surface area (Å²) in [6, 6.07) is 15.2. The van der Waals surface area contributed by atoms with Crippen molar-refractivity contribution in [3.8, 4) is 5.75 Å². The van der Waals surface area contributed by atoms with Gasteiger partial charge >= 0.3 is 0 Å². The summed E-state index contributed by atoms with van der Waals surface area (Å²) in [5.74, 6) is 0.763. The quantitative estimate of drug-likeness (QED) is 0.299. The number of carbonyl (C=O) groups is 2. The number of methoxy groups -OCH3 is 1. The van der Waals surface area contributed by atoms with Crippen molar-refractivity contribution in [1.82, 2.24) is 20.5 Å². The summed E-state index contributed by atoms with van der Waals surface area (Å²) in [6.07, 6.45) is 6.89. The highest BCUT2D eigenvalue weighted by Crippen LogP contribution is 2.29. The number of nitrogens with zero attached hydrogens (tertiary/aromatic N) is 3. The van der Waals surface area contributed by atoms with E-state index in [1.165, 1.54) is 23.7 Å². The van der Waals surface area contributed by atoms with E-state index in [0.29, 0.717) is 25.2 Å². The van der Waals surface area contributed by atoms with Gasteiger partial charge in [-0.05, 0) is 105 Å². The molecule has 43 heavy (non-hydrogen) atoms. The van der Waals surface area contributed by atoms with E-state index < -0.39 is 0 Å². The summed E-state index contributed by atoms with van der Waals surface area (Å²) in [4.78, 5) is 33.8.